The average Bonchev–Trinajstić information content (AvgIpc) is 2.83. The number of hydrogen-bond acceptors (Lipinski definition) is 4. The molecule has 1 spiro atoms. The van der Waals surface area contributed by atoms with E-state index in [1.807, 2.05) is 13.8 Å². The van der Waals surface area contributed by atoms with Crippen molar-refractivity contribution in [2.24, 2.45) is 28.6 Å². The summed E-state index contributed by atoms with van der Waals surface area (Å²) in [6, 6.07) is 0. The Morgan fingerprint density at radius 1 is 1.12 bits per heavy atom. The highest BCUT2D eigenvalue weighted by Gasteiger charge is 2.67. The SMILES string of the molecule is C=C1[C@H]2C[C@H](O)C(C)(C)[C@]2(O)CC[C@@]23C[C@@H](CC[C@@H]12)[C@@](O)(CO)C3.O. The van der Waals surface area contributed by atoms with Gasteiger partial charge in [0.25, 0.3) is 0 Å². The second-order valence-corrected chi connectivity index (χ2v) is 9.86. The van der Waals surface area contributed by atoms with Crippen molar-refractivity contribution >= 4 is 0 Å². The van der Waals surface area contributed by atoms with Crippen molar-refractivity contribution in [3.8, 4) is 0 Å². The molecule has 6 N–H and O–H groups in total. The van der Waals surface area contributed by atoms with Crippen molar-refractivity contribution in [3.05, 3.63) is 12.2 Å². The number of hydrogen-bond donors (Lipinski definition) is 4. The molecule has 0 aromatic rings. The first-order valence-corrected chi connectivity index (χ1v) is 9.52. The monoisotopic (exact) mass is 354 g/mol. The zero-order chi connectivity index (χ0) is 17.5. The fourth-order valence-electron chi connectivity index (χ4n) is 7.03. The van der Waals surface area contributed by atoms with Gasteiger partial charge in [-0.15, -0.1) is 0 Å². The lowest BCUT2D eigenvalue weighted by Crippen LogP contribution is -2.48. The average molecular weight is 354 g/mol. The van der Waals surface area contributed by atoms with E-state index in [4.69, 9.17) is 0 Å². The molecule has 7 atom stereocenters. The first-order chi connectivity index (χ1) is 11.1. The number of rotatable bonds is 1. The minimum atomic E-state index is -0.966. The normalized spacial score (nSPS) is 53.6. The molecule has 4 aliphatic rings. The predicted molar refractivity (Wildman–Crippen MR) is 94.7 cm³/mol. The molecule has 4 rings (SSSR count). The Bertz CT molecular complexity index is 574. The third-order valence-corrected chi connectivity index (χ3v) is 8.77. The summed E-state index contributed by atoms with van der Waals surface area (Å²) in [5, 5.41) is 42.8. The molecular formula is C20H34O5. The standard InChI is InChI=1S/C20H32O4.H2O/c1-12-14-5-4-13-9-18(14,10-19(13,23)11-21)6-7-20(24)15(12)8-16(22)17(20,2)3;/h13-16,21-24H,1,4-11H2,2-3H3;1H2/t13-,14+,15-,16+,18+,19+,20+;/m1./s1. The predicted octanol–water partition coefficient (Wildman–Crippen LogP) is 1.18. The van der Waals surface area contributed by atoms with E-state index in [9.17, 15) is 20.4 Å². The highest BCUT2D eigenvalue weighted by Crippen LogP contribution is 2.68. The van der Waals surface area contributed by atoms with Crippen LogP contribution in [0.2, 0.25) is 0 Å². The summed E-state index contributed by atoms with van der Waals surface area (Å²) in [7, 11) is 0. The van der Waals surface area contributed by atoms with Crippen LogP contribution in [-0.2, 0) is 0 Å². The summed E-state index contributed by atoms with van der Waals surface area (Å²) in [4.78, 5) is 0. The van der Waals surface area contributed by atoms with Gasteiger partial charge < -0.3 is 25.9 Å². The molecule has 2 bridgehead atoms. The van der Waals surface area contributed by atoms with Gasteiger partial charge in [0.15, 0.2) is 0 Å². The molecular weight excluding hydrogens is 320 g/mol. The Morgan fingerprint density at radius 3 is 2.44 bits per heavy atom. The maximum Gasteiger partial charge on any atom is 0.0911 e. The molecule has 5 heteroatoms. The Balaban J connectivity index is 0.00000182. The van der Waals surface area contributed by atoms with Crippen LogP contribution >= 0.6 is 0 Å². The van der Waals surface area contributed by atoms with Crippen LogP contribution < -0.4 is 0 Å². The molecule has 0 aromatic carbocycles. The molecule has 0 radical (unpaired) electrons. The van der Waals surface area contributed by atoms with E-state index in [0.717, 1.165) is 31.3 Å². The smallest absolute Gasteiger partial charge is 0.0911 e. The van der Waals surface area contributed by atoms with Gasteiger partial charge >= 0.3 is 0 Å². The molecule has 25 heavy (non-hydrogen) atoms. The van der Waals surface area contributed by atoms with Crippen molar-refractivity contribution in [3.63, 3.8) is 0 Å². The molecule has 0 heterocycles. The van der Waals surface area contributed by atoms with Crippen molar-refractivity contribution < 1.29 is 25.9 Å². The van der Waals surface area contributed by atoms with E-state index in [0.29, 0.717) is 19.3 Å². The molecule has 0 unspecified atom stereocenters. The Hall–Kier alpha value is -0.460. The van der Waals surface area contributed by atoms with Crippen LogP contribution in [0.4, 0.5) is 0 Å². The molecule has 144 valence electrons. The summed E-state index contributed by atoms with van der Waals surface area (Å²) in [5.41, 5.74) is -1.40. The fourth-order valence-corrected chi connectivity index (χ4v) is 7.03. The van der Waals surface area contributed by atoms with Gasteiger partial charge in [-0.05, 0) is 62.2 Å². The van der Waals surface area contributed by atoms with Crippen LogP contribution in [0.15, 0.2) is 12.2 Å². The minimum absolute atomic E-state index is 0. The highest BCUT2D eigenvalue weighted by atomic mass is 16.3. The zero-order valence-electron chi connectivity index (χ0n) is 15.5. The molecule has 5 nitrogen and oxygen atoms in total. The van der Waals surface area contributed by atoms with Gasteiger partial charge in [-0.1, -0.05) is 26.0 Å². The van der Waals surface area contributed by atoms with Gasteiger partial charge in [0.1, 0.15) is 0 Å². The zero-order valence-corrected chi connectivity index (χ0v) is 15.5. The van der Waals surface area contributed by atoms with Crippen molar-refractivity contribution in [1.29, 1.82) is 0 Å². The topological polar surface area (TPSA) is 112 Å². The summed E-state index contributed by atoms with van der Waals surface area (Å²) < 4.78 is 0. The van der Waals surface area contributed by atoms with Crippen LogP contribution in [0.1, 0.15) is 58.8 Å². The van der Waals surface area contributed by atoms with E-state index in [1.165, 1.54) is 0 Å². The molecule has 4 saturated carbocycles. The second-order valence-electron chi connectivity index (χ2n) is 9.86. The van der Waals surface area contributed by atoms with Crippen LogP contribution in [0.3, 0.4) is 0 Å². The fraction of sp³-hybridized carbons (Fsp3) is 0.900. The van der Waals surface area contributed by atoms with E-state index < -0.39 is 22.7 Å². The van der Waals surface area contributed by atoms with E-state index in [2.05, 4.69) is 6.58 Å². The molecule has 4 aliphatic carbocycles. The quantitative estimate of drug-likeness (QED) is 0.530. The maximum atomic E-state index is 11.6. The number of fused-ring (bicyclic) bond motifs is 2. The Kier molecular flexibility index (Phi) is 4.26. The van der Waals surface area contributed by atoms with Gasteiger partial charge in [0.05, 0.1) is 23.9 Å². The Morgan fingerprint density at radius 2 is 1.80 bits per heavy atom. The van der Waals surface area contributed by atoms with Crippen LogP contribution in [0, 0.1) is 28.6 Å². The maximum absolute atomic E-state index is 11.6. The number of aliphatic hydroxyl groups excluding tert-OH is 2. The van der Waals surface area contributed by atoms with Crippen molar-refractivity contribution in [2.75, 3.05) is 6.61 Å². The van der Waals surface area contributed by atoms with E-state index >= 15 is 0 Å². The molecule has 0 aromatic heterocycles. The first-order valence-electron chi connectivity index (χ1n) is 9.52. The van der Waals surface area contributed by atoms with Gasteiger partial charge in [0.2, 0.25) is 0 Å². The molecule has 4 fully saturated rings. The van der Waals surface area contributed by atoms with Crippen LogP contribution in [0.5, 0.6) is 0 Å². The molecule has 0 saturated heterocycles. The minimum Gasteiger partial charge on any atom is -0.412 e. The van der Waals surface area contributed by atoms with Gasteiger partial charge in [-0.3, -0.25) is 0 Å². The van der Waals surface area contributed by atoms with Crippen LogP contribution in [-0.4, -0.2) is 49.8 Å². The molecule has 0 aliphatic heterocycles. The summed E-state index contributed by atoms with van der Waals surface area (Å²) in [5.74, 6) is 0.387. The summed E-state index contributed by atoms with van der Waals surface area (Å²) in [6.45, 7) is 8.19. The lowest BCUT2D eigenvalue weighted by molar-refractivity contribution is -0.102. The Labute approximate surface area is 150 Å². The van der Waals surface area contributed by atoms with Crippen molar-refractivity contribution in [2.45, 2.75) is 76.1 Å². The lowest BCUT2D eigenvalue weighted by Gasteiger charge is -2.41. The summed E-state index contributed by atoms with van der Waals surface area (Å²) in [6.07, 6.45) is 5.02. The van der Waals surface area contributed by atoms with Crippen molar-refractivity contribution in [1.82, 2.24) is 0 Å². The van der Waals surface area contributed by atoms with E-state index in [1.54, 1.807) is 0 Å². The summed E-state index contributed by atoms with van der Waals surface area (Å²) >= 11 is 0. The third-order valence-electron chi connectivity index (χ3n) is 8.77. The number of aliphatic hydroxyl groups is 4. The largest absolute Gasteiger partial charge is 0.412 e. The van der Waals surface area contributed by atoms with E-state index in [-0.39, 0.29) is 35.3 Å². The van der Waals surface area contributed by atoms with Crippen LogP contribution in [0.25, 0.3) is 0 Å². The first kappa shape index (κ1) is 19.3. The third kappa shape index (κ3) is 2.19. The highest BCUT2D eigenvalue weighted by molar-refractivity contribution is 5.28. The molecule has 0 amide bonds. The van der Waals surface area contributed by atoms with Gasteiger partial charge in [0, 0.05) is 11.3 Å². The van der Waals surface area contributed by atoms with Gasteiger partial charge in [-0.25, -0.2) is 0 Å². The van der Waals surface area contributed by atoms with Gasteiger partial charge in [-0.2, -0.15) is 0 Å². The second kappa shape index (κ2) is 5.52. The lowest BCUT2D eigenvalue weighted by atomic mass is 9.63.